The lowest BCUT2D eigenvalue weighted by Crippen LogP contribution is -2.16. The van der Waals surface area contributed by atoms with Crippen molar-refractivity contribution in [3.05, 3.63) is 59.2 Å². The van der Waals surface area contributed by atoms with Gasteiger partial charge in [0.05, 0.1) is 19.8 Å². The number of aliphatic hydroxyl groups is 1. The van der Waals surface area contributed by atoms with E-state index in [1.54, 1.807) is 6.07 Å². The number of hydrogen-bond acceptors (Lipinski definition) is 5. The van der Waals surface area contributed by atoms with Gasteiger partial charge in [-0.2, -0.15) is 18.4 Å². The molecule has 2 aromatic carbocycles. The fraction of sp³-hybridized carbons (Fsp3) is 0.158. The molecule has 2 rings (SSSR count). The molecule has 0 bridgehead atoms. The minimum absolute atomic E-state index is 0.0911. The molecule has 0 aliphatic rings. The van der Waals surface area contributed by atoms with E-state index in [2.05, 4.69) is 5.32 Å². The molecule has 9 heteroatoms. The quantitative estimate of drug-likeness (QED) is 0.453. The predicted octanol–water partition coefficient (Wildman–Crippen LogP) is 4.15. The van der Waals surface area contributed by atoms with E-state index < -0.39 is 29.0 Å². The molecule has 0 aliphatic heterocycles. The monoisotopic (exact) mass is 392 g/mol. The fourth-order valence-corrected chi connectivity index (χ4v) is 2.31. The molecule has 0 atom stereocenters. The first-order valence-electron chi connectivity index (χ1n) is 7.75. The van der Waals surface area contributed by atoms with Gasteiger partial charge in [0.2, 0.25) is 0 Å². The Kier molecular flexibility index (Phi) is 6.15. The fourth-order valence-electron chi connectivity index (χ4n) is 2.31. The summed E-state index contributed by atoms with van der Waals surface area (Å²) >= 11 is 0. The van der Waals surface area contributed by atoms with E-state index in [0.717, 1.165) is 18.2 Å². The number of hydrogen-bond donors (Lipinski definition) is 2. The van der Waals surface area contributed by atoms with Crippen molar-refractivity contribution in [1.82, 2.24) is 0 Å². The summed E-state index contributed by atoms with van der Waals surface area (Å²) in [6, 6.07) is 9.67. The first-order chi connectivity index (χ1) is 13.2. The Balaban J connectivity index is 2.36. The van der Waals surface area contributed by atoms with Crippen LogP contribution in [0.3, 0.4) is 0 Å². The number of aliphatic hydroxyl groups excluding tert-OH is 1. The Morgan fingerprint density at radius 2 is 1.79 bits per heavy atom. The van der Waals surface area contributed by atoms with Crippen LogP contribution in [0, 0.1) is 11.3 Å². The zero-order chi connectivity index (χ0) is 20.9. The summed E-state index contributed by atoms with van der Waals surface area (Å²) in [6.07, 6.45) is -4.59. The van der Waals surface area contributed by atoms with E-state index in [9.17, 15) is 28.3 Å². The van der Waals surface area contributed by atoms with Gasteiger partial charge in [0.15, 0.2) is 17.1 Å². The van der Waals surface area contributed by atoms with Crippen molar-refractivity contribution < 1.29 is 32.5 Å². The third-order valence-corrected chi connectivity index (χ3v) is 3.68. The van der Waals surface area contributed by atoms with Crippen molar-refractivity contribution in [3.63, 3.8) is 0 Å². The van der Waals surface area contributed by atoms with E-state index in [1.807, 2.05) is 0 Å². The molecule has 2 aromatic rings. The summed E-state index contributed by atoms with van der Waals surface area (Å²) in [5.41, 5.74) is -1.72. The number of ether oxygens (including phenoxy) is 2. The maximum absolute atomic E-state index is 12.8. The molecule has 2 N–H and O–H groups in total. The van der Waals surface area contributed by atoms with Gasteiger partial charge < -0.3 is 19.9 Å². The Bertz CT molecular complexity index is 962. The van der Waals surface area contributed by atoms with Crippen molar-refractivity contribution >= 4 is 17.4 Å². The molecule has 146 valence electrons. The Labute approximate surface area is 158 Å². The normalized spacial score (nSPS) is 11.9. The average molecular weight is 392 g/mol. The first-order valence-corrected chi connectivity index (χ1v) is 7.75. The van der Waals surface area contributed by atoms with Crippen LogP contribution >= 0.6 is 0 Å². The van der Waals surface area contributed by atoms with Crippen molar-refractivity contribution in [3.8, 4) is 17.6 Å². The van der Waals surface area contributed by atoms with Crippen molar-refractivity contribution in [2.75, 3.05) is 19.5 Å². The summed E-state index contributed by atoms with van der Waals surface area (Å²) < 4.78 is 48.5. The molecule has 0 aromatic heterocycles. The zero-order valence-corrected chi connectivity index (χ0v) is 14.8. The number of alkyl halides is 3. The van der Waals surface area contributed by atoms with Crippen LogP contribution in [0.4, 0.5) is 18.9 Å². The maximum atomic E-state index is 12.8. The lowest BCUT2D eigenvalue weighted by molar-refractivity contribution is -0.137. The second-order valence-electron chi connectivity index (χ2n) is 5.44. The van der Waals surface area contributed by atoms with Gasteiger partial charge in [-0.3, -0.25) is 4.79 Å². The lowest BCUT2D eigenvalue weighted by atomic mass is 10.1. The van der Waals surface area contributed by atoms with Gasteiger partial charge in [-0.05, 0) is 36.4 Å². The maximum Gasteiger partial charge on any atom is 0.416 e. The SMILES string of the molecule is COc1ccc(/C(O)=C(\C#N)C(=O)Nc2cccc(C(F)(F)F)c2)cc1OC. The molecule has 0 heterocycles. The number of nitrogens with one attached hydrogen (secondary N) is 1. The third kappa shape index (κ3) is 4.54. The molecule has 0 radical (unpaired) electrons. The molecule has 0 unspecified atom stereocenters. The van der Waals surface area contributed by atoms with E-state index >= 15 is 0 Å². The second kappa shape index (κ2) is 8.35. The molecule has 0 fully saturated rings. The second-order valence-corrected chi connectivity index (χ2v) is 5.44. The van der Waals surface area contributed by atoms with Crippen LogP contribution in [-0.4, -0.2) is 25.2 Å². The van der Waals surface area contributed by atoms with Crippen LogP contribution < -0.4 is 14.8 Å². The Morgan fingerprint density at radius 3 is 2.36 bits per heavy atom. The predicted molar refractivity (Wildman–Crippen MR) is 94.8 cm³/mol. The first kappa shape index (κ1) is 20.6. The topological polar surface area (TPSA) is 91.6 Å². The van der Waals surface area contributed by atoms with Gasteiger partial charge in [0, 0.05) is 11.3 Å². The number of halogens is 3. The third-order valence-electron chi connectivity index (χ3n) is 3.68. The minimum atomic E-state index is -4.59. The van der Waals surface area contributed by atoms with Gasteiger partial charge in [0.1, 0.15) is 11.8 Å². The van der Waals surface area contributed by atoms with Crippen molar-refractivity contribution in [2.24, 2.45) is 0 Å². The summed E-state index contributed by atoms with van der Waals surface area (Å²) in [5.74, 6) is -1.10. The van der Waals surface area contributed by atoms with Crippen LogP contribution in [0.2, 0.25) is 0 Å². The van der Waals surface area contributed by atoms with E-state index in [1.165, 1.54) is 38.5 Å². The summed E-state index contributed by atoms with van der Waals surface area (Å²) in [7, 11) is 2.78. The van der Waals surface area contributed by atoms with Crippen molar-refractivity contribution in [1.29, 1.82) is 5.26 Å². The van der Waals surface area contributed by atoms with Crippen LogP contribution in [-0.2, 0) is 11.0 Å². The standard InChI is InChI=1S/C19H15F3N2O4/c1-27-15-7-6-11(8-16(15)28-2)17(25)14(10-23)18(26)24-13-5-3-4-12(9-13)19(20,21)22/h3-9,25H,1-2H3,(H,24,26)/b17-14-. The molecule has 0 spiro atoms. The number of amides is 1. The van der Waals surface area contributed by atoms with Crippen LogP contribution in [0.15, 0.2) is 48.0 Å². The van der Waals surface area contributed by atoms with Gasteiger partial charge in [-0.15, -0.1) is 0 Å². The van der Waals surface area contributed by atoms with E-state index in [0.29, 0.717) is 5.75 Å². The van der Waals surface area contributed by atoms with E-state index in [-0.39, 0.29) is 17.0 Å². The number of rotatable bonds is 5. The van der Waals surface area contributed by atoms with Crippen LogP contribution in [0.25, 0.3) is 5.76 Å². The summed E-state index contributed by atoms with van der Waals surface area (Å²) in [5, 5.41) is 21.7. The molecular formula is C19H15F3N2O4. The highest BCUT2D eigenvalue weighted by atomic mass is 19.4. The molecular weight excluding hydrogens is 377 g/mol. The highest BCUT2D eigenvalue weighted by molar-refractivity contribution is 6.11. The highest BCUT2D eigenvalue weighted by Gasteiger charge is 2.30. The minimum Gasteiger partial charge on any atom is -0.506 e. The Hall–Kier alpha value is -3.67. The van der Waals surface area contributed by atoms with Crippen LogP contribution in [0.5, 0.6) is 11.5 Å². The highest BCUT2D eigenvalue weighted by Crippen LogP contribution is 2.32. The molecule has 0 saturated heterocycles. The number of methoxy groups -OCH3 is 2. The summed E-state index contributed by atoms with van der Waals surface area (Å²) in [6.45, 7) is 0. The number of anilines is 1. The van der Waals surface area contributed by atoms with Crippen LogP contribution in [0.1, 0.15) is 11.1 Å². The average Bonchev–Trinajstić information content (AvgIpc) is 2.67. The van der Waals surface area contributed by atoms with E-state index in [4.69, 9.17) is 9.47 Å². The smallest absolute Gasteiger partial charge is 0.416 e. The molecule has 1 amide bonds. The zero-order valence-electron chi connectivity index (χ0n) is 14.8. The number of benzene rings is 2. The number of nitrogens with zero attached hydrogens (tertiary/aromatic N) is 1. The lowest BCUT2D eigenvalue weighted by Gasteiger charge is -2.11. The summed E-state index contributed by atoms with van der Waals surface area (Å²) in [4.78, 5) is 12.3. The van der Waals surface area contributed by atoms with Gasteiger partial charge in [-0.25, -0.2) is 0 Å². The number of nitriles is 1. The van der Waals surface area contributed by atoms with Gasteiger partial charge in [0.25, 0.3) is 5.91 Å². The van der Waals surface area contributed by atoms with Gasteiger partial charge in [-0.1, -0.05) is 6.07 Å². The molecule has 0 saturated carbocycles. The van der Waals surface area contributed by atoms with Gasteiger partial charge >= 0.3 is 6.18 Å². The number of carbonyl (C=O) groups excluding carboxylic acids is 1. The molecule has 6 nitrogen and oxygen atoms in total. The largest absolute Gasteiger partial charge is 0.506 e. The van der Waals surface area contributed by atoms with Crippen molar-refractivity contribution in [2.45, 2.75) is 6.18 Å². The molecule has 0 aliphatic carbocycles. The Morgan fingerprint density at radius 1 is 1.11 bits per heavy atom. The number of carbonyl (C=O) groups is 1. The molecule has 28 heavy (non-hydrogen) atoms.